The van der Waals surface area contributed by atoms with Gasteiger partial charge in [0.05, 0.1) is 30.2 Å². The maximum atomic E-state index is 11.4. The third kappa shape index (κ3) is 5.02. The highest BCUT2D eigenvalue weighted by molar-refractivity contribution is 6.35. The molecule has 0 aliphatic carbocycles. The van der Waals surface area contributed by atoms with Crippen LogP contribution < -0.4 is 10.1 Å². The highest BCUT2D eigenvalue weighted by Crippen LogP contribution is 2.40. The van der Waals surface area contributed by atoms with Gasteiger partial charge in [0, 0.05) is 29.9 Å². The van der Waals surface area contributed by atoms with E-state index in [9.17, 15) is 4.79 Å². The van der Waals surface area contributed by atoms with Crippen LogP contribution in [0.2, 0.25) is 10.0 Å². The molecule has 9 heteroatoms. The van der Waals surface area contributed by atoms with Crippen molar-refractivity contribution in [2.45, 2.75) is 25.4 Å². The van der Waals surface area contributed by atoms with Crippen LogP contribution in [-0.4, -0.2) is 34.8 Å². The maximum absolute atomic E-state index is 11.4. The molecule has 1 aliphatic heterocycles. The molecule has 0 spiro atoms. The van der Waals surface area contributed by atoms with E-state index in [1.54, 1.807) is 42.9 Å². The Morgan fingerprint density at radius 1 is 1.32 bits per heavy atom. The minimum Gasteiger partial charge on any atom is -0.489 e. The molecule has 1 saturated heterocycles. The molecule has 162 valence electrons. The van der Waals surface area contributed by atoms with Crippen LogP contribution in [0.4, 0.5) is 5.69 Å². The number of amides is 1. The Morgan fingerprint density at radius 3 is 2.90 bits per heavy atom. The van der Waals surface area contributed by atoms with Gasteiger partial charge in [-0.3, -0.25) is 4.79 Å². The number of para-hydroxylation sites is 2. The van der Waals surface area contributed by atoms with Crippen molar-refractivity contribution in [3.05, 3.63) is 76.8 Å². The number of imidazole rings is 1. The number of rotatable bonds is 7. The number of nitrogens with one attached hydrogen (secondary N) is 1. The number of benzene rings is 2. The number of hydrogen-bond acceptors (Lipinski definition) is 5. The van der Waals surface area contributed by atoms with Crippen molar-refractivity contribution in [2.24, 2.45) is 0 Å². The van der Waals surface area contributed by atoms with Crippen molar-refractivity contribution < 1.29 is 19.0 Å². The van der Waals surface area contributed by atoms with Crippen molar-refractivity contribution in [1.82, 2.24) is 9.55 Å². The van der Waals surface area contributed by atoms with Crippen LogP contribution in [-0.2, 0) is 26.6 Å². The summed E-state index contributed by atoms with van der Waals surface area (Å²) in [6.45, 7) is 2.34. The molecule has 3 aromatic rings. The summed E-state index contributed by atoms with van der Waals surface area (Å²) in [5.74, 6) is -0.737. The van der Waals surface area contributed by atoms with Gasteiger partial charge in [-0.1, -0.05) is 41.4 Å². The van der Waals surface area contributed by atoms with Crippen LogP contribution in [0.25, 0.3) is 0 Å². The van der Waals surface area contributed by atoms with Gasteiger partial charge in [0.2, 0.25) is 11.7 Å². The number of carbonyl (C=O) groups excluding carboxylic acids is 1. The first-order valence-electron chi connectivity index (χ1n) is 9.68. The van der Waals surface area contributed by atoms with Gasteiger partial charge in [-0.2, -0.15) is 0 Å². The van der Waals surface area contributed by atoms with Crippen molar-refractivity contribution in [3.63, 3.8) is 0 Å². The van der Waals surface area contributed by atoms with Crippen LogP contribution >= 0.6 is 23.2 Å². The largest absolute Gasteiger partial charge is 0.489 e. The van der Waals surface area contributed by atoms with Gasteiger partial charge in [0.1, 0.15) is 18.5 Å². The Hall–Kier alpha value is -2.58. The molecule has 1 aromatic heterocycles. The van der Waals surface area contributed by atoms with E-state index in [4.69, 9.17) is 37.4 Å². The normalized spacial score (nSPS) is 20.5. The molecular formula is C22H21Cl2N3O4. The zero-order valence-electron chi connectivity index (χ0n) is 16.8. The Kier molecular flexibility index (Phi) is 6.48. The van der Waals surface area contributed by atoms with Crippen LogP contribution in [0, 0.1) is 0 Å². The maximum Gasteiger partial charge on any atom is 0.221 e. The van der Waals surface area contributed by atoms with Gasteiger partial charge < -0.3 is 24.1 Å². The first-order chi connectivity index (χ1) is 14.9. The summed E-state index contributed by atoms with van der Waals surface area (Å²) in [7, 11) is 0. The standard InChI is InChI=1S/C22H21Cl2N3O4/c1-15(28)26-20-4-2-3-5-21(20)29-11-17-12-30-22(31-17,13-27-9-8-25-14-27)18-7-6-16(23)10-19(18)24/h2-10,14,17H,11-13H2,1H3,(H,26,28)/t17-,22-/m1/s1. The molecule has 1 fully saturated rings. The predicted octanol–water partition coefficient (Wildman–Crippen LogP) is 4.50. The Labute approximate surface area is 189 Å². The lowest BCUT2D eigenvalue weighted by atomic mass is 10.1. The van der Waals surface area contributed by atoms with Crippen LogP contribution in [0.3, 0.4) is 0 Å². The van der Waals surface area contributed by atoms with E-state index < -0.39 is 5.79 Å². The Balaban J connectivity index is 1.53. The molecule has 4 rings (SSSR count). The second-order valence-electron chi connectivity index (χ2n) is 7.15. The summed E-state index contributed by atoms with van der Waals surface area (Å²) >= 11 is 12.6. The van der Waals surface area contributed by atoms with Crippen molar-refractivity contribution in [2.75, 3.05) is 18.5 Å². The smallest absolute Gasteiger partial charge is 0.221 e. The molecule has 0 unspecified atom stereocenters. The number of hydrogen-bond donors (Lipinski definition) is 1. The quantitative estimate of drug-likeness (QED) is 0.560. The number of anilines is 1. The zero-order chi connectivity index (χ0) is 21.8. The second-order valence-corrected chi connectivity index (χ2v) is 7.99. The summed E-state index contributed by atoms with van der Waals surface area (Å²) in [5.41, 5.74) is 1.27. The van der Waals surface area contributed by atoms with E-state index in [-0.39, 0.29) is 18.6 Å². The van der Waals surface area contributed by atoms with Crippen LogP contribution in [0.1, 0.15) is 12.5 Å². The molecule has 2 heterocycles. The average molecular weight is 462 g/mol. The van der Waals surface area contributed by atoms with Crippen molar-refractivity contribution in [3.8, 4) is 5.75 Å². The summed E-state index contributed by atoms with van der Waals surface area (Å²) < 4.78 is 20.3. The lowest BCUT2D eigenvalue weighted by Gasteiger charge is -2.30. The monoisotopic (exact) mass is 461 g/mol. The molecule has 7 nitrogen and oxygen atoms in total. The molecule has 1 aliphatic rings. The van der Waals surface area contributed by atoms with E-state index in [1.165, 1.54) is 6.92 Å². The SMILES string of the molecule is CC(=O)Nc1ccccc1OC[C@@H]1CO[C@@](Cn2ccnc2)(c2ccc(Cl)cc2Cl)O1. The highest BCUT2D eigenvalue weighted by atomic mass is 35.5. The van der Waals surface area contributed by atoms with E-state index in [2.05, 4.69) is 10.3 Å². The second kappa shape index (κ2) is 9.28. The highest BCUT2D eigenvalue weighted by Gasteiger charge is 2.45. The average Bonchev–Trinajstić information content (AvgIpc) is 3.38. The minimum atomic E-state index is -1.12. The van der Waals surface area contributed by atoms with Gasteiger partial charge in [-0.25, -0.2) is 4.98 Å². The van der Waals surface area contributed by atoms with E-state index >= 15 is 0 Å². The van der Waals surface area contributed by atoms with Gasteiger partial charge in [-0.15, -0.1) is 0 Å². The predicted molar refractivity (Wildman–Crippen MR) is 117 cm³/mol. The Morgan fingerprint density at radius 2 is 2.16 bits per heavy atom. The fraction of sp³-hybridized carbons (Fsp3) is 0.273. The molecule has 0 radical (unpaired) electrons. The lowest BCUT2D eigenvalue weighted by molar-refractivity contribution is -0.189. The fourth-order valence-electron chi connectivity index (χ4n) is 3.44. The van der Waals surface area contributed by atoms with Crippen LogP contribution in [0.15, 0.2) is 61.2 Å². The van der Waals surface area contributed by atoms with E-state index in [0.29, 0.717) is 40.2 Å². The summed E-state index contributed by atoms with van der Waals surface area (Å²) in [6, 6.07) is 12.4. The third-order valence-corrected chi connectivity index (χ3v) is 5.32. The van der Waals surface area contributed by atoms with Gasteiger partial charge >= 0.3 is 0 Å². The molecule has 1 N–H and O–H groups in total. The summed E-state index contributed by atoms with van der Waals surface area (Å²) in [4.78, 5) is 15.5. The molecule has 0 saturated carbocycles. The van der Waals surface area contributed by atoms with Gasteiger partial charge in [-0.05, 0) is 24.3 Å². The number of nitrogens with zero attached hydrogens (tertiary/aromatic N) is 2. The number of halogens is 2. The van der Waals surface area contributed by atoms with Crippen molar-refractivity contribution >= 4 is 34.8 Å². The van der Waals surface area contributed by atoms with Crippen molar-refractivity contribution in [1.29, 1.82) is 0 Å². The number of aromatic nitrogens is 2. The summed E-state index contributed by atoms with van der Waals surface area (Å²) in [6.07, 6.45) is 4.84. The first kappa shape index (κ1) is 21.6. The van der Waals surface area contributed by atoms with Crippen LogP contribution in [0.5, 0.6) is 5.75 Å². The fourth-order valence-corrected chi connectivity index (χ4v) is 4.00. The minimum absolute atomic E-state index is 0.173. The van der Waals surface area contributed by atoms with E-state index in [0.717, 1.165) is 0 Å². The molecule has 2 aromatic carbocycles. The number of carbonyl (C=O) groups is 1. The third-order valence-electron chi connectivity index (χ3n) is 4.77. The van der Waals surface area contributed by atoms with E-state index in [1.807, 2.05) is 22.9 Å². The molecule has 2 atom stereocenters. The zero-order valence-corrected chi connectivity index (χ0v) is 18.3. The molecule has 31 heavy (non-hydrogen) atoms. The molecular weight excluding hydrogens is 441 g/mol. The lowest BCUT2D eigenvalue weighted by Crippen LogP contribution is -2.34. The topological polar surface area (TPSA) is 74.6 Å². The molecule has 1 amide bonds. The number of ether oxygens (including phenoxy) is 3. The first-order valence-corrected chi connectivity index (χ1v) is 10.4. The van der Waals surface area contributed by atoms with Gasteiger partial charge in [0.15, 0.2) is 0 Å². The molecule has 0 bridgehead atoms. The van der Waals surface area contributed by atoms with Gasteiger partial charge in [0.25, 0.3) is 0 Å². The Bertz CT molecular complexity index is 1060. The summed E-state index contributed by atoms with van der Waals surface area (Å²) in [5, 5.41) is 3.73.